The number of para-hydroxylation sites is 1. The highest BCUT2D eigenvalue weighted by atomic mass is 16.5. The number of nitrogens with two attached hydrogens (primary N) is 1. The number of pyridine rings is 1. The fraction of sp³-hybridized carbons (Fsp3) is 0.348. The van der Waals surface area contributed by atoms with Crippen LogP contribution in [0.1, 0.15) is 46.5 Å². The first-order chi connectivity index (χ1) is 14.4. The SMILES string of the molecule is Cn1c(C(=O)NC2CC3(C2)CC(Oc2ncccc2C(N)=O)C3)cc2ccccc21. The lowest BCUT2D eigenvalue weighted by Crippen LogP contribution is -2.58. The number of fused-ring (bicyclic) bond motifs is 1. The summed E-state index contributed by atoms with van der Waals surface area (Å²) in [7, 11) is 1.92. The average molecular weight is 404 g/mol. The molecular formula is C23H24N4O3. The van der Waals surface area contributed by atoms with E-state index in [0.717, 1.165) is 36.6 Å². The van der Waals surface area contributed by atoms with Gasteiger partial charge in [0.1, 0.15) is 17.4 Å². The Labute approximate surface area is 174 Å². The molecule has 0 aliphatic heterocycles. The third kappa shape index (κ3) is 3.10. The van der Waals surface area contributed by atoms with Gasteiger partial charge in [0.15, 0.2) is 0 Å². The Kier molecular flexibility index (Phi) is 4.27. The van der Waals surface area contributed by atoms with Gasteiger partial charge in [-0.3, -0.25) is 9.59 Å². The summed E-state index contributed by atoms with van der Waals surface area (Å²) in [6.07, 6.45) is 5.34. The van der Waals surface area contributed by atoms with Gasteiger partial charge in [0.2, 0.25) is 5.88 Å². The molecule has 2 aliphatic rings. The summed E-state index contributed by atoms with van der Waals surface area (Å²) >= 11 is 0. The van der Waals surface area contributed by atoms with Gasteiger partial charge in [-0.2, -0.15) is 0 Å². The standard InChI is InChI=1S/C23H24N4O3/c1-27-18-7-3-2-5-14(18)9-19(27)21(29)26-15-10-23(11-15)12-16(13-23)30-22-17(20(24)28)6-4-8-25-22/h2-9,15-16H,10-13H2,1H3,(H2,24,28)(H,26,29). The van der Waals surface area contributed by atoms with E-state index in [1.54, 1.807) is 18.3 Å². The number of carbonyl (C=O) groups is 2. The minimum Gasteiger partial charge on any atom is -0.474 e. The van der Waals surface area contributed by atoms with E-state index in [1.807, 2.05) is 41.9 Å². The van der Waals surface area contributed by atoms with Crippen LogP contribution in [0.2, 0.25) is 0 Å². The molecule has 5 rings (SSSR count). The Balaban J connectivity index is 1.15. The van der Waals surface area contributed by atoms with E-state index >= 15 is 0 Å². The van der Waals surface area contributed by atoms with Gasteiger partial charge in [0, 0.05) is 30.2 Å². The highest BCUT2D eigenvalue weighted by Crippen LogP contribution is 2.56. The fourth-order valence-corrected chi connectivity index (χ4v) is 5.01. The second-order valence-corrected chi connectivity index (χ2v) is 8.59. The van der Waals surface area contributed by atoms with Crippen LogP contribution in [-0.4, -0.2) is 33.5 Å². The molecule has 154 valence electrons. The molecule has 30 heavy (non-hydrogen) atoms. The van der Waals surface area contributed by atoms with Gasteiger partial charge in [-0.25, -0.2) is 4.98 Å². The lowest BCUT2D eigenvalue weighted by molar-refractivity contribution is -0.0848. The Morgan fingerprint density at radius 2 is 1.93 bits per heavy atom. The third-order valence-electron chi connectivity index (χ3n) is 6.51. The molecule has 2 aromatic heterocycles. The molecular weight excluding hydrogens is 380 g/mol. The molecule has 0 radical (unpaired) electrons. The van der Waals surface area contributed by atoms with Crippen molar-refractivity contribution in [2.75, 3.05) is 0 Å². The van der Waals surface area contributed by atoms with Crippen LogP contribution in [0.3, 0.4) is 0 Å². The van der Waals surface area contributed by atoms with Crippen molar-refractivity contribution in [1.29, 1.82) is 0 Å². The average Bonchev–Trinajstić information content (AvgIpc) is 3.02. The molecule has 0 saturated heterocycles. The molecule has 0 bridgehead atoms. The molecule has 7 heteroatoms. The van der Waals surface area contributed by atoms with Crippen molar-refractivity contribution in [2.45, 2.75) is 37.8 Å². The smallest absolute Gasteiger partial charge is 0.268 e. The fourth-order valence-electron chi connectivity index (χ4n) is 5.01. The first kappa shape index (κ1) is 18.7. The van der Waals surface area contributed by atoms with Crippen molar-refractivity contribution in [3.05, 3.63) is 59.9 Å². The highest BCUT2D eigenvalue weighted by Gasteiger charge is 2.54. The zero-order valence-electron chi connectivity index (χ0n) is 16.8. The third-order valence-corrected chi connectivity index (χ3v) is 6.51. The van der Waals surface area contributed by atoms with E-state index < -0.39 is 5.91 Å². The van der Waals surface area contributed by atoms with Gasteiger partial charge >= 0.3 is 0 Å². The number of carbonyl (C=O) groups excluding carboxylic acids is 2. The molecule has 1 aromatic carbocycles. The zero-order chi connectivity index (χ0) is 20.9. The minimum absolute atomic E-state index is 0.0275. The van der Waals surface area contributed by atoms with E-state index in [4.69, 9.17) is 10.5 Å². The number of ether oxygens (including phenoxy) is 1. The summed E-state index contributed by atoms with van der Waals surface area (Å²) in [6, 6.07) is 13.4. The normalized spacial score (nSPS) is 24.8. The second kappa shape index (κ2) is 6.86. The van der Waals surface area contributed by atoms with Crippen LogP contribution in [0, 0.1) is 5.41 Å². The number of primary amides is 1. The lowest BCUT2D eigenvalue weighted by atomic mass is 9.53. The van der Waals surface area contributed by atoms with Gasteiger partial charge in [-0.1, -0.05) is 18.2 Å². The summed E-state index contributed by atoms with van der Waals surface area (Å²) in [6.45, 7) is 0. The second-order valence-electron chi connectivity index (χ2n) is 8.59. The number of aromatic nitrogens is 2. The van der Waals surface area contributed by atoms with Crippen LogP contribution in [-0.2, 0) is 7.05 Å². The molecule has 3 aromatic rings. The van der Waals surface area contributed by atoms with E-state index in [0.29, 0.717) is 17.1 Å². The Morgan fingerprint density at radius 3 is 2.67 bits per heavy atom. The molecule has 7 nitrogen and oxygen atoms in total. The summed E-state index contributed by atoms with van der Waals surface area (Å²) in [4.78, 5) is 28.4. The van der Waals surface area contributed by atoms with Gasteiger partial charge in [-0.05, 0) is 55.4 Å². The van der Waals surface area contributed by atoms with Crippen LogP contribution in [0.15, 0.2) is 48.7 Å². The van der Waals surface area contributed by atoms with Crippen molar-refractivity contribution in [1.82, 2.24) is 14.9 Å². The van der Waals surface area contributed by atoms with E-state index in [1.165, 1.54) is 0 Å². The Hall–Kier alpha value is -3.35. The summed E-state index contributed by atoms with van der Waals surface area (Å²) in [5.74, 6) is -0.253. The number of nitrogens with zero attached hydrogens (tertiary/aromatic N) is 2. The number of aryl methyl sites for hydroxylation is 1. The number of nitrogens with one attached hydrogen (secondary N) is 1. The number of rotatable bonds is 5. The van der Waals surface area contributed by atoms with Crippen LogP contribution in [0.5, 0.6) is 5.88 Å². The first-order valence-corrected chi connectivity index (χ1v) is 10.2. The molecule has 2 saturated carbocycles. The van der Waals surface area contributed by atoms with Gasteiger partial charge < -0.3 is 20.4 Å². The molecule has 0 unspecified atom stereocenters. The van der Waals surface area contributed by atoms with Crippen molar-refractivity contribution in [3.63, 3.8) is 0 Å². The summed E-state index contributed by atoms with van der Waals surface area (Å²) in [5, 5.41) is 4.24. The number of benzene rings is 1. The maximum Gasteiger partial charge on any atom is 0.268 e. The van der Waals surface area contributed by atoms with Crippen molar-refractivity contribution >= 4 is 22.7 Å². The molecule has 2 heterocycles. The maximum absolute atomic E-state index is 12.8. The van der Waals surface area contributed by atoms with Crippen molar-refractivity contribution < 1.29 is 14.3 Å². The Bertz CT molecular complexity index is 1140. The van der Waals surface area contributed by atoms with E-state index in [2.05, 4.69) is 10.3 Å². The minimum atomic E-state index is -0.535. The van der Waals surface area contributed by atoms with Gasteiger partial charge in [-0.15, -0.1) is 0 Å². The van der Waals surface area contributed by atoms with Crippen LogP contribution >= 0.6 is 0 Å². The van der Waals surface area contributed by atoms with Crippen LogP contribution in [0.25, 0.3) is 10.9 Å². The zero-order valence-corrected chi connectivity index (χ0v) is 16.8. The van der Waals surface area contributed by atoms with E-state index in [-0.39, 0.29) is 23.5 Å². The van der Waals surface area contributed by atoms with Gasteiger partial charge in [0.25, 0.3) is 11.8 Å². The van der Waals surface area contributed by atoms with Gasteiger partial charge in [0.05, 0.1) is 0 Å². The molecule has 2 fully saturated rings. The maximum atomic E-state index is 12.8. The molecule has 0 atom stereocenters. The predicted octanol–water partition coefficient (Wildman–Crippen LogP) is 2.79. The molecule has 1 spiro atoms. The first-order valence-electron chi connectivity index (χ1n) is 10.2. The molecule has 2 amide bonds. The molecule has 3 N–H and O–H groups in total. The number of hydrogen-bond donors (Lipinski definition) is 2. The highest BCUT2D eigenvalue weighted by molar-refractivity contribution is 5.99. The largest absolute Gasteiger partial charge is 0.474 e. The van der Waals surface area contributed by atoms with Crippen LogP contribution < -0.4 is 15.8 Å². The number of hydrogen-bond acceptors (Lipinski definition) is 4. The summed E-state index contributed by atoms with van der Waals surface area (Å²) < 4.78 is 7.85. The van der Waals surface area contributed by atoms with Crippen LogP contribution in [0.4, 0.5) is 0 Å². The molecule has 2 aliphatic carbocycles. The Morgan fingerprint density at radius 1 is 1.17 bits per heavy atom. The lowest BCUT2D eigenvalue weighted by Gasteiger charge is -2.57. The van der Waals surface area contributed by atoms with E-state index in [9.17, 15) is 9.59 Å². The quantitative estimate of drug-likeness (QED) is 0.683. The van der Waals surface area contributed by atoms with Crippen molar-refractivity contribution in [3.8, 4) is 5.88 Å². The predicted molar refractivity (Wildman–Crippen MR) is 112 cm³/mol. The summed E-state index contributed by atoms with van der Waals surface area (Å²) in [5.41, 5.74) is 7.66. The van der Waals surface area contributed by atoms with Crippen molar-refractivity contribution in [2.24, 2.45) is 18.2 Å². The monoisotopic (exact) mass is 404 g/mol. The number of amides is 2. The topological polar surface area (TPSA) is 99.2 Å².